The zero-order valence-electron chi connectivity index (χ0n) is 7.59. The van der Waals surface area contributed by atoms with Crippen molar-refractivity contribution < 1.29 is 9.90 Å². The zero-order valence-corrected chi connectivity index (χ0v) is 8.34. The van der Waals surface area contributed by atoms with Crippen LogP contribution in [0.15, 0.2) is 0 Å². The highest BCUT2D eigenvalue weighted by Gasteiger charge is 2.26. The fraction of sp³-hybridized carbons (Fsp3) is 0.556. The number of hydrogen-bond donors (Lipinski definition) is 2. The molecule has 0 radical (unpaired) electrons. The van der Waals surface area contributed by atoms with Gasteiger partial charge in [-0.05, 0) is 12.8 Å². The van der Waals surface area contributed by atoms with E-state index in [1.165, 1.54) is 0 Å². The lowest BCUT2D eigenvalue weighted by molar-refractivity contribution is 0.0695. The summed E-state index contributed by atoms with van der Waals surface area (Å²) < 4.78 is 0. The second-order valence-electron chi connectivity index (χ2n) is 3.59. The van der Waals surface area contributed by atoms with Gasteiger partial charge in [0.05, 0.1) is 5.69 Å². The molecule has 0 aliphatic heterocycles. The van der Waals surface area contributed by atoms with Gasteiger partial charge in [0.2, 0.25) is 0 Å². The van der Waals surface area contributed by atoms with Gasteiger partial charge in [-0.1, -0.05) is 24.4 Å². The standard InChI is InChI=1S/C9H11ClN2O2/c10-8-6(9(13)14)7(11-12-8)5-3-1-2-4-5/h5H,1-4H2,(H,11,12)(H,13,14). The molecule has 0 amide bonds. The first-order valence-corrected chi connectivity index (χ1v) is 5.05. The molecule has 0 bridgehead atoms. The summed E-state index contributed by atoms with van der Waals surface area (Å²) in [4.78, 5) is 10.9. The molecule has 1 aliphatic rings. The first-order chi connectivity index (χ1) is 6.70. The molecule has 1 aromatic heterocycles. The minimum Gasteiger partial charge on any atom is -0.478 e. The molecule has 1 fully saturated rings. The molecule has 0 spiro atoms. The molecular weight excluding hydrogens is 204 g/mol. The van der Waals surface area contributed by atoms with Crippen LogP contribution < -0.4 is 0 Å². The van der Waals surface area contributed by atoms with Crippen molar-refractivity contribution in [3.63, 3.8) is 0 Å². The summed E-state index contributed by atoms with van der Waals surface area (Å²) in [6, 6.07) is 0. The second kappa shape index (κ2) is 3.61. The maximum atomic E-state index is 10.9. The van der Waals surface area contributed by atoms with Gasteiger partial charge in [-0.3, -0.25) is 5.10 Å². The number of aromatic carboxylic acids is 1. The summed E-state index contributed by atoms with van der Waals surface area (Å²) >= 11 is 5.70. The van der Waals surface area contributed by atoms with Crippen LogP contribution in [0.1, 0.15) is 47.7 Å². The number of carboxylic acids is 1. The molecule has 0 aromatic carbocycles. The maximum Gasteiger partial charge on any atom is 0.340 e. The fourth-order valence-electron chi connectivity index (χ4n) is 2.05. The lowest BCUT2D eigenvalue weighted by atomic mass is 10.0. The van der Waals surface area contributed by atoms with Crippen LogP contribution in [0, 0.1) is 0 Å². The predicted octanol–water partition coefficient (Wildman–Crippen LogP) is 2.42. The Balaban J connectivity index is 2.37. The van der Waals surface area contributed by atoms with Crippen molar-refractivity contribution in [1.82, 2.24) is 10.2 Å². The van der Waals surface area contributed by atoms with Crippen molar-refractivity contribution in [3.05, 3.63) is 16.4 Å². The van der Waals surface area contributed by atoms with Crippen LogP contribution in [-0.4, -0.2) is 21.3 Å². The lowest BCUT2D eigenvalue weighted by Crippen LogP contribution is -2.04. The molecule has 1 saturated carbocycles. The summed E-state index contributed by atoms with van der Waals surface area (Å²) in [5, 5.41) is 15.5. The lowest BCUT2D eigenvalue weighted by Gasteiger charge is -2.06. The van der Waals surface area contributed by atoms with Gasteiger partial charge in [-0.25, -0.2) is 4.79 Å². The highest BCUT2D eigenvalue weighted by molar-refractivity contribution is 6.32. The SMILES string of the molecule is O=C(O)c1c(Cl)n[nH]c1C1CCCC1. The Kier molecular flexibility index (Phi) is 2.46. The Labute approximate surface area is 86.3 Å². The molecule has 1 aromatic rings. The minimum atomic E-state index is -0.995. The molecule has 0 saturated heterocycles. The number of rotatable bonds is 2. The Morgan fingerprint density at radius 2 is 2.14 bits per heavy atom. The predicted molar refractivity (Wildman–Crippen MR) is 51.8 cm³/mol. The number of carbonyl (C=O) groups is 1. The van der Waals surface area contributed by atoms with E-state index in [1.807, 2.05) is 0 Å². The highest BCUT2D eigenvalue weighted by atomic mass is 35.5. The van der Waals surface area contributed by atoms with E-state index >= 15 is 0 Å². The first-order valence-electron chi connectivity index (χ1n) is 4.67. The number of hydrogen-bond acceptors (Lipinski definition) is 2. The van der Waals surface area contributed by atoms with Crippen LogP contribution in [-0.2, 0) is 0 Å². The van der Waals surface area contributed by atoms with Crippen molar-refractivity contribution in [1.29, 1.82) is 0 Å². The van der Waals surface area contributed by atoms with Gasteiger partial charge in [0, 0.05) is 5.92 Å². The van der Waals surface area contributed by atoms with E-state index in [9.17, 15) is 4.79 Å². The molecule has 0 unspecified atom stereocenters. The van der Waals surface area contributed by atoms with Crippen molar-refractivity contribution in [2.75, 3.05) is 0 Å². The largest absolute Gasteiger partial charge is 0.478 e. The number of aromatic nitrogens is 2. The third-order valence-electron chi connectivity index (χ3n) is 2.73. The van der Waals surface area contributed by atoms with Crippen molar-refractivity contribution in [3.8, 4) is 0 Å². The van der Waals surface area contributed by atoms with E-state index in [1.54, 1.807) is 0 Å². The molecule has 76 valence electrons. The molecule has 14 heavy (non-hydrogen) atoms. The Bertz CT molecular complexity index is 356. The Hall–Kier alpha value is -1.03. The summed E-state index contributed by atoms with van der Waals surface area (Å²) in [7, 11) is 0. The normalized spacial score (nSPS) is 17.5. The van der Waals surface area contributed by atoms with Gasteiger partial charge in [0.25, 0.3) is 0 Å². The summed E-state index contributed by atoms with van der Waals surface area (Å²) in [6.45, 7) is 0. The molecule has 2 N–H and O–H groups in total. The molecule has 2 rings (SSSR count). The topological polar surface area (TPSA) is 66.0 Å². The van der Waals surface area contributed by atoms with E-state index in [0.717, 1.165) is 25.7 Å². The third-order valence-corrected chi connectivity index (χ3v) is 3.00. The molecule has 1 heterocycles. The van der Waals surface area contributed by atoms with E-state index in [2.05, 4.69) is 10.2 Å². The van der Waals surface area contributed by atoms with Gasteiger partial charge < -0.3 is 5.11 Å². The molecule has 1 aliphatic carbocycles. The Morgan fingerprint density at radius 1 is 1.50 bits per heavy atom. The molecule has 5 heteroatoms. The quantitative estimate of drug-likeness (QED) is 0.795. The number of nitrogens with zero attached hydrogens (tertiary/aromatic N) is 1. The summed E-state index contributed by atoms with van der Waals surface area (Å²) in [5.41, 5.74) is 0.846. The number of H-pyrrole nitrogens is 1. The second-order valence-corrected chi connectivity index (χ2v) is 3.95. The van der Waals surface area contributed by atoms with Gasteiger partial charge in [-0.15, -0.1) is 0 Å². The van der Waals surface area contributed by atoms with E-state index in [-0.39, 0.29) is 10.7 Å². The van der Waals surface area contributed by atoms with E-state index in [0.29, 0.717) is 11.6 Å². The number of aromatic amines is 1. The molecule has 0 atom stereocenters. The van der Waals surface area contributed by atoms with Gasteiger partial charge in [0.15, 0.2) is 5.15 Å². The zero-order chi connectivity index (χ0) is 10.1. The summed E-state index contributed by atoms with van der Waals surface area (Å²) in [6.07, 6.45) is 4.36. The van der Waals surface area contributed by atoms with Gasteiger partial charge in [-0.2, -0.15) is 5.10 Å². The van der Waals surface area contributed by atoms with Crippen LogP contribution >= 0.6 is 11.6 Å². The van der Waals surface area contributed by atoms with Crippen molar-refractivity contribution >= 4 is 17.6 Å². The van der Waals surface area contributed by atoms with Crippen molar-refractivity contribution in [2.24, 2.45) is 0 Å². The number of nitrogens with one attached hydrogen (secondary N) is 1. The van der Waals surface area contributed by atoms with E-state index < -0.39 is 5.97 Å². The third kappa shape index (κ3) is 1.50. The van der Waals surface area contributed by atoms with Crippen LogP contribution in [0.3, 0.4) is 0 Å². The fourth-order valence-corrected chi connectivity index (χ4v) is 2.27. The average molecular weight is 215 g/mol. The molecule has 4 nitrogen and oxygen atoms in total. The van der Waals surface area contributed by atoms with Crippen molar-refractivity contribution in [2.45, 2.75) is 31.6 Å². The van der Waals surface area contributed by atoms with Gasteiger partial charge in [0.1, 0.15) is 5.56 Å². The van der Waals surface area contributed by atoms with E-state index in [4.69, 9.17) is 16.7 Å². The monoisotopic (exact) mass is 214 g/mol. The number of halogens is 1. The average Bonchev–Trinajstić information content (AvgIpc) is 2.70. The van der Waals surface area contributed by atoms with Gasteiger partial charge >= 0.3 is 5.97 Å². The molecular formula is C9H11ClN2O2. The van der Waals surface area contributed by atoms with Crippen LogP contribution in [0.5, 0.6) is 0 Å². The van der Waals surface area contributed by atoms with Crippen LogP contribution in [0.4, 0.5) is 0 Å². The smallest absolute Gasteiger partial charge is 0.340 e. The van der Waals surface area contributed by atoms with Crippen LogP contribution in [0.25, 0.3) is 0 Å². The van der Waals surface area contributed by atoms with Crippen LogP contribution in [0.2, 0.25) is 5.15 Å². The number of carboxylic acid groups (broad SMARTS) is 1. The Morgan fingerprint density at radius 3 is 2.71 bits per heavy atom. The highest BCUT2D eigenvalue weighted by Crippen LogP contribution is 2.36. The first kappa shape index (κ1) is 9.52. The maximum absolute atomic E-state index is 10.9. The summed E-state index contributed by atoms with van der Waals surface area (Å²) in [5.74, 6) is -0.702. The minimum absolute atomic E-state index is 0.0689.